The zero-order valence-electron chi connectivity index (χ0n) is 15.9. The number of methoxy groups -OCH3 is 1. The van der Waals surface area contributed by atoms with E-state index in [1.54, 1.807) is 38.3 Å². The summed E-state index contributed by atoms with van der Waals surface area (Å²) >= 11 is 0. The average molecular weight is 389 g/mol. The van der Waals surface area contributed by atoms with Crippen LogP contribution in [0.5, 0.6) is 5.75 Å². The third-order valence-electron chi connectivity index (χ3n) is 4.41. The number of benzene rings is 2. The molecule has 2 aromatic heterocycles. The summed E-state index contributed by atoms with van der Waals surface area (Å²) in [5.74, 6) is 0.627. The largest absolute Gasteiger partial charge is 0.497 e. The maximum atomic E-state index is 13.1. The van der Waals surface area contributed by atoms with Crippen molar-refractivity contribution < 1.29 is 9.53 Å². The van der Waals surface area contributed by atoms with Gasteiger partial charge in [0.05, 0.1) is 7.11 Å². The van der Waals surface area contributed by atoms with Crippen LogP contribution in [0.25, 0.3) is 5.65 Å². The van der Waals surface area contributed by atoms with Crippen molar-refractivity contribution in [1.82, 2.24) is 14.6 Å². The van der Waals surface area contributed by atoms with Crippen molar-refractivity contribution in [3.8, 4) is 5.75 Å². The molecule has 0 radical (unpaired) electrons. The van der Waals surface area contributed by atoms with Gasteiger partial charge < -0.3 is 20.4 Å². The Hall–Kier alpha value is -4.07. The summed E-state index contributed by atoms with van der Waals surface area (Å²) < 4.78 is 6.68. The number of ether oxygens (including phenoxy) is 1. The van der Waals surface area contributed by atoms with E-state index in [1.165, 1.54) is 10.6 Å². The highest BCUT2D eigenvalue weighted by Gasteiger charge is 2.22. The van der Waals surface area contributed by atoms with E-state index in [0.717, 1.165) is 5.69 Å². The molecule has 0 spiro atoms. The van der Waals surface area contributed by atoms with Crippen LogP contribution in [-0.4, -0.2) is 27.6 Å². The van der Waals surface area contributed by atoms with Crippen LogP contribution in [0.1, 0.15) is 16.1 Å². The molecule has 2 heterocycles. The first-order valence-corrected chi connectivity index (χ1v) is 8.95. The number of hydrogen-bond donors (Lipinski definition) is 3. The number of aryl methyl sites for hydroxylation is 1. The molecule has 0 aliphatic heterocycles. The van der Waals surface area contributed by atoms with Gasteiger partial charge in [-0.15, -0.1) is 5.10 Å². The number of fused-ring (bicyclic) bond motifs is 1. The van der Waals surface area contributed by atoms with Crippen LogP contribution in [0.15, 0.2) is 65.5 Å². The molecule has 8 heteroatoms. The van der Waals surface area contributed by atoms with Gasteiger partial charge in [0.15, 0.2) is 11.5 Å². The Morgan fingerprint density at radius 3 is 2.48 bits per heavy atom. The number of carbonyl (C=O) groups is 1. The molecule has 0 atom stereocenters. The fourth-order valence-electron chi connectivity index (χ4n) is 3.02. The number of nitrogens with one attached hydrogen (secondary N) is 3. The molecule has 2 aromatic carbocycles. The fraction of sp³-hybridized carbons (Fsp3) is 0.0952. The smallest absolute Gasteiger partial charge is 0.263 e. The van der Waals surface area contributed by atoms with E-state index < -0.39 is 5.91 Å². The standard InChI is InChI=1S/C21H19N5O3/c1-13-12-17(27)24-20-18(21(28)23-15-8-10-16(29-2)11-9-15)19(25-26(13)20)22-14-6-4-3-5-7-14/h3-12H,1-2H3,(H,22,25)(H,23,28)(H,24,27). The number of amides is 1. The van der Waals surface area contributed by atoms with E-state index in [-0.39, 0.29) is 11.1 Å². The molecule has 0 unspecified atom stereocenters. The quantitative estimate of drug-likeness (QED) is 0.486. The van der Waals surface area contributed by atoms with Gasteiger partial charge in [-0.25, -0.2) is 4.52 Å². The van der Waals surface area contributed by atoms with Crippen molar-refractivity contribution in [2.45, 2.75) is 6.92 Å². The predicted octanol–water partition coefficient (Wildman–Crippen LogP) is 3.34. The number of H-pyrrole nitrogens is 1. The fourth-order valence-corrected chi connectivity index (χ4v) is 3.02. The summed E-state index contributed by atoms with van der Waals surface area (Å²) in [6.45, 7) is 1.76. The number of aromatic amines is 1. The Kier molecular flexibility index (Phi) is 4.74. The van der Waals surface area contributed by atoms with Gasteiger partial charge in [0, 0.05) is 23.1 Å². The Morgan fingerprint density at radius 1 is 1.07 bits per heavy atom. The summed E-state index contributed by atoms with van der Waals surface area (Å²) in [6.07, 6.45) is 0. The Bertz CT molecular complexity index is 1230. The lowest BCUT2D eigenvalue weighted by atomic mass is 10.2. The van der Waals surface area contributed by atoms with Gasteiger partial charge in [-0.2, -0.15) is 0 Å². The number of carbonyl (C=O) groups excluding carboxylic acids is 1. The van der Waals surface area contributed by atoms with Gasteiger partial charge in [0.1, 0.15) is 11.3 Å². The van der Waals surface area contributed by atoms with E-state index in [9.17, 15) is 9.59 Å². The summed E-state index contributed by atoms with van der Waals surface area (Å²) in [5.41, 5.74) is 2.23. The normalized spacial score (nSPS) is 10.7. The van der Waals surface area contributed by atoms with E-state index in [4.69, 9.17) is 4.74 Å². The molecule has 3 N–H and O–H groups in total. The lowest BCUT2D eigenvalue weighted by Gasteiger charge is -2.08. The second-order valence-corrected chi connectivity index (χ2v) is 6.43. The van der Waals surface area contributed by atoms with Crippen LogP contribution in [-0.2, 0) is 0 Å². The third kappa shape index (κ3) is 3.68. The molecule has 146 valence electrons. The second kappa shape index (κ2) is 7.51. The van der Waals surface area contributed by atoms with E-state index in [1.807, 2.05) is 30.3 Å². The van der Waals surface area contributed by atoms with Crippen LogP contribution < -0.4 is 20.9 Å². The Morgan fingerprint density at radius 2 is 1.79 bits per heavy atom. The highest BCUT2D eigenvalue weighted by molar-refractivity contribution is 6.12. The lowest BCUT2D eigenvalue weighted by molar-refractivity contribution is 0.102. The second-order valence-electron chi connectivity index (χ2n) is 6.43. The Labute approximate surface area is 166 Å². The van der Waals surface area contributed by atoms with Crippen molar-refractivity contribution >= 4 is 28.7 Å². The summed E-state index contributed by atoms with van der Waals surface area (Å²) in [7, 11) is 1.58. The van der Waals surface area contributed by atoms with Crippen LogP contribution in [0, 0.1) is 6.92 Å². The minimum absolute atomic E-state index is 0.241. The lowest BCUT2D eigenvalue weighted by Crippen LogP contribution is -2.16. The maximum Gasteiger partial charge on any atom is 0.263 e. The zero-order valence-corrected chi connectivity index (χ0v) is 15.9. The van der Waals surface area contributed by atoms with Crippen molar-refractivity contribution in [2.24, 2.45) is 0 Å². The molecule has 0 aliphatic carbocycles. The Balaban J connectivity index is 1.78. The first-order chi connectivity index (χ1) is 14.0. The number of para-hydroxylation sites is 1. The minimum Gasteiger partial charge on any atom is -0.497 e. The number of nitrogens with zero attached hydrogens (tertiary/aromatic N) is 2. The SMILES string of the molecule is COc1ccc(NC(=O)c2c(Nc3ccccc3)nn3c(C)cc(=O)[nH]c23)cc1. The topological polar surface area (TPSA) is 101 Å². The van der Waals surface area contributed by atoms with Crippen molar-refractivity contribution in [1.29, 1.82) is 0 Å². The van der Waals surface area contributed by atoms with E-state index in [0.29, 0.717) is 28.6 Å². The van der Waals surface area contributed by atoms with Crippen molar-refractivity contribution in [2.75, 3.05) is 17.7 Å². The minimum atomic E-state index is -0.398. The van der Waals surface area contributed by atoms with E-state index in [2.05, 4.69) is 20.7 Å². The van der Waals surface area contributed by atoms with Gasteiger partial charge in [-0.05, 0) is 43.3 Å². The number of rotatable bonds is 5. The van der Waals surface area contributed by atoms with Crippen LogP contribution >= 0.6 is 0 Å². The molecule has 0 fully saturated rings. The van der Waals surface area contributed by atoms with Crippen LogP contribution in [0.3, 0.4) is 0 Å². The molecule has 0 aliphatic rings. The third-order valence-corrected chi connectivity index (χ3v) is 4.41. The molecule has 0 saturated heterocycles. The summed E-state index contributed by atoms with van der Waals surface area (Å²) in [4.78, 5) is 27.8. The average Bonchev–Trinajstić information content (AvgIpc) is 3.07. The molecule has 4 rings (SSSR count). The van der Waals surface area contributed by atoms with Gasteiger partial charge in [-0.1, -0.05) is 18.2 Å². The highest BCUT2D eigenvalue weighted by Crippen LogP contribution is 2.25. The number of anilines is 3. The first kappa shape index (κ1) is 18.3. The monoisotopic (exact) mass is 389 g/mol. The van der Waals surface area contributed by atoms with Gasteiger partial charge in [0.25, 0.3) is 11.5 Å². The predicted molar refractivity (Wildman–Crippen MR) is 111 cm³/mol. The molecule has 1 amide bonds. The molecule has 4 aromatic rings. The maximum absolute atomic E-state index is 13.1. The molecule has 29 heavy (non-hydrogen) atoms. The van der Waals surface area contributed by atoms with E-state index >= 15 is 0 Å². The van der Waals surface area contributed by atoms with Gasteiger partial charge in [-0.3, -0.25) is 9.59 Å². The summed E-state index contributed by atoms with van der Waals surface area (Å²) in [6, 6.07) is 17.8. The highest BCUT2D eigenvalue weighted by atomic mass is 16.5. The molecular weight excluding hydrogens is 370 g/mol. The van der Waals surface area contributed by atoms with Crippen molar-refractivity contribution in [3.63, 3.8) is 0 Å². The number of hydrogen-bond acceptors (Lipinski definition) is 5. The zero-order chi connectivity index (χ0) is 20.4. The number of aromatic nitrogens is 3. The van der Waals surface area contributed by atoms with Crippen LogP contribution in [0.4, 0.5) is 17.2 Å². The molecule has 0 saturated carbocycles. The van der Waals surface area contributed by atoms with Gasteiger partial charge >= 0.3 is 0 Å². The first-order valence-electron chi connectivity index (χ1n) is 8.95. The molecule has 0 bridgehead atoms. The van der Waals surface area contributed by atoms with Gasteiger partial charge in [0.2, 0.25) is 0 Å². The van der Waals surface area contributed by atoms with Crippen molar-refractivity contribution in [3.05, 3.63) is 82.3 Å². The van der Waals surface area contributed by atoms with Crippen LogP contribution in [0.2, 0.25) is 0 Å². The summed E-state index contributed by atoms with van der Waals surface area (Å²) in [5, 5.41) is 10.5. The molecule has 8 nitrogen and oxygen atoms in total. The molecular formula is C21H19N5O3.